The number of nitrogens with zero attached hydrogens (tertiary/aromatic N) is 5. The van der Waals surface area contributed by atoms with Gasteiger partial charge in [-0.1, -0.05) is 0 Å². The van der Waals surface area contributed by atoms with Crippen LogP contribution in [0, 0.1) is 6.92 Å². The molecule has 0 saturated carbocycles. The number of ether oxygens (including phenoxy) is 2. The summed E-state index contributed by atoms with van der Waals surface area (Å²) in [6.45, 7) is 3.69. The van der Waals surface area contributed by atoms with Crippen LogP contribution in [0.1, 0.15) is 16.2 Å². The average molecular weight is 317 g/mol. The zero-order valence-corrected chi connectivity index (χ0v) is 13.2. The van der Waals surface area contributed by atoms with Crippen molar-refractivity contribution in [3.8, 4) is 5.88 Å². The number of hydrogen-bond donors (Lipinski definition) is 0. The van der Waals surface area contributed by atoms with Crippen molar-refractivity contribution in [1.82, 2.24) is 24.6 Å². The molecular weight excluding hydrogens is 298 g/mol. The second-order valence-corrected chi connectivity index (χ2v) is 5.40. The largest absolute Gasteiger partial charge is 0.469 e. The fraction of sp³-hybridized carbons (Fsp3) is 0.467. The molecule has 0 spiro atoms. The van der Waals surface area contributed by atoms with Gasteiger partial charge in [-0.2, -0.15) is 5.10 Å². The molecule has 1 atom stereocenters. The number of hydrogen-bond acceptors (Lipinski definition) is 6. The molecule has 1 amide bonds. The Kier molecular flexibility index (Phi) is 4.52. The number of carbonyl (C=O) groups excluding carboxylic acids is 1. The van der Waals surface area contributed by atoms with Crippen LogP contribution in [-0.4, -0.2) is 63.0 Å². The van der Waals surface area contributed by atoms with E-state index in [0.29, 0.717) is 37.9 Å². The molecule has 0 aliphatic carbocycles. The Balaban J connectivity index is 1.72. The van der Waals surface area contributed by atoms with Crippen molar-refractivity contribution in [3.63, 3.8) is 0 Å². The molecule has 23 heavy (non-hydrogen) atoms. The van der Waals surface area contributed by atoms with Gasteiger partial charge < -0.3 is 14.4 Å². The van der Waals surface area contributed by atoms with Gasteiger partial charge in [-0.05, 0) is 13.0 Å². The van der Waals surface area contributed by atoms with Gasteiger partial charge in [-0.3, -0.25) is 14.5 Å². The summed E-state index contributed by atoms with van der Waals surface area (Å²) in [5.74, 6) is 0.345. The van der Waals surface area contributed by atoms with Crippen LogP contribution in [0.3, 0.4) is 0 Å². The summed E-state index contributed by atoms with van der Waals surface area (Å²) in [6, 6.07) is 1.78. The molecule has 1 saturated heterocycles. The van der Waals surface area contributed by atoms with E-state index in [1.807, 2.05) is 6.92 Å². The van der Waals surface area contributed by atoms with Crippen LogP contribution in [-0.2, 0) is 11.8 Å². The fourth-order valence-corrected chi connectivity index (χ4v) is 2.52. The van der Waals surface area contributed by atoms with Crippen LogP contribution in [0.15, 0.2) is 24.7 Å². The summed E-state index contributed by atoms with van der Waals surface area (Å²) in [5, 5.41) is 4.23. The lowest BCUT2D eigenvalue weighted by atomic mass is 10.3. The molecule has 3 heterocycles. The minimum absolute atomic E-state index is 0.0775. The Morgan fingerprint density at radius 3 is 3.00 bits per heavy atom. The van der Waals surface area contributed by atoms with Gasteiger partial charge in [0.15, 0.2) is 0 Å². The first-order valence-corrected chi connectivity index (χ1v) is 7.44. The first-order valence-electron chi connectivity index (χ1n) is 7.44. The molecule has 1 fully saturated rings. The Hall–Kier alpha value is -2.48. The lowest BCUT2D eigenvalue weighted by molar-refractivity contribution is 0.0626. The topological polar surface area (TPSA) is 82.4 Å². The van der Waals surface area contributed by atoms with E-state index in [9.17, 15) is 4.79 Å². The van der Waals surface area contributed by atoms with E-state index in [-0.39, 0.29) is 12.0 Å². The minimum atomic E-state index is -0.285. The molecular formula is C15H19N5O3. The molecule has 0 unspecified atom stereocenters. The van der Waals surface area contributed by atoms with E-state index < -0.39 is 0 Å². The van der Waals surface area contributed by atoms with Gasteiger partial charge in [0.25, 0.3) is 5.91 Å². The highest BCUT2D eigenvalue weighted by atomic mass is 16.5. The molecule has 0 bridgehead atoms. The predicted molar refractivity (Wildman–Crippen MR) is 81.1 cm³/mol. The van der Waals surface area contributed by atoms with Crippen molar-refractivity contribution in [2.45, 2.75) is 13.0 Å². The predicted octanol–water partition coefficient (Wildman–Crippen LogP) is 0.439. The quantitative estimate of drug-likeness (QED) is 0.817. The van der Waals surface area contributed by atoms with Crippen molar-refractivity contribution in [1.29, 1.82) is 0 Å². The minimum Gasteiger partial charge on any atom is -0.469 e. The lowest BCUT2D eigenvalue weighted by Gasteiger charge is -2.23. The maximum Gasteiger partial charge on any atom is 0.272 e. The molecule has 2 aromatic heterocycles. The van der Waals surface area contributed by atoms with Gasteiger partial charge in [-0.25, -0.2) is 4.98 Å². The first-order chi connectivity index (χ1) is 11.1. The van der Waals surface area contributed by atoms with Crippen LogP contribution in [0.25, 0.3) is 0 Å². The molecule has 0 aromatic carbocycles. The molecule has 8 nitrogen and oxygen atoms in total. The van der Waals surface area contributed by atoms with Gasteiger partial charge in [0.05, 0.1) is 31.6 Å². The third-order valence-corrected chi connectivity index (χ3v) is 3.57. The van der Waals surface area contributed by atoms with Crippen molar-refractivity contribution in [2.24, 2.45) is 7.05 Å². The summed E-state index contributed by atoms with van der Waals surface area (Å²) in [7, 11) is 1.77. The molecule has 122 valence electrons. The third-order valence-electron chi connectivity index (χ3n) is 3.57. The van der Waals surface area contributed by atoms with Crippen LogP contribution in [0.2, 0.25) is 0 Å². The van der Waals surface area contributed by atoms with E-state index >= 15 is 0 Å². The summed E-state index contributed by atoms with van der Waals surface area (Å²) >= 11 is 0. The van der Waals surface area contributed by atoms with Crippen molar-refractivity contribution in [2.75, 3.05) is 26.3 Å². The highest BCUT2D eigenvalue weighted by Crippen LogP contribution is 2.13. The van der Waals surface area contributed by atoms with Gasteiger partial charge in [0.2, 0.25) is 5.88 Å². The summed E-state index contributed by atoms with van der Waals surface area (Å²) in [6.07, 6.45) is 4.40. The van der Waals surface area contributed by atoms with Gasteiger partial charge >= 0.3 is 0 Å². The number of aromatic nitrogens is 4. The molecule has 0 radical (unpaired) electrons. The van der Waals surface area contributed by atoms with Gasteiger partial charge in [-0.15, -0.1) is 0 Å². The molecule has 1 aliphatic rings. The van der Waals surface area contributed by atoms with Crippen LogP contribution in [0.5, 0.6) is 5.88 Å². The van der Waals surface area contributed by atoms with Crippen LogP contribution in [0.4, 0.5) is 0 Å². The Labute approximate surface area is 134 Å². The second kappa shape index (κ2) is 6.74. The van der Waals surface area contributed by atoms with E-state index in [1.165, 1.54) is 0 Å². The second-order valence-electron chi connectivity index (χ2n) is 5.40. The Morgan fingerprint density at radius 1 is 1.43 bits per heavy atom. The molecule has 0 N–H and O–H groups in total. The van der Waals surface area contributed by atoms with Crippen LogP contribution < -0.4 is 4.74 Å². The Morgan fingerprint density at radius 2 is 2.30 bits per heavy atom. The summed E-state index contributed by atoms with van der Waals surface area (Å²) < 4.78 is 12.9. The van der Waals surface area contributed by atoms with Crippen LogP contribution >= 0.6 is 0 Å². The SMILES string of the molecule is Cc1cc(C(=O)N2CCOC[C@H](Oc3cnccn3)C2)n(C)n1. The van der Waals surface area contributed by atoms with Crippen molar-refractivity contribution < 1.29 is 14.3 Å². The number of carbonyl (C=O) groups is 1. The maximum atomic E-state index is 12.7. The summed E-state index contributed by atoms with van der Waals surface area (Å²) in [5.41, 5.74) is 1.37. The van der Waals surface area contributed by atoms with E-state index in [0.717, 1.165) is 5.69 Å². The van der Waals surface area contributed by atoms with Gasteiger partial charge in [0, 0.05) is 26.0 Å². The van der Waals surface area contributed by atoms with E-state index in [4.69, 9.17) is 9.47 Å². The maximum absolute atomic E-state index is 12.7. The number of aryl methyl sites for hydroxylation is 2. The number of amides is 1. The Bertz CT molecular complexity index is 673. The third kappa shape index (κ3) is 3.65. The van der Waals surface area contributed by atoms with Crippen molar-refractivity contribution >= 4 is 5.91 Å². The zero-order chi connectivity index (χ0) is 16.2. The molecule has 2 aromatic rings. The molecule has 3 rings (SSSR count). The van der Waals surface area contributed by atoms with E-state index in [2.05, 4.69) is 15.1 Å². The van der Waals surface area contributed by atoms with Crippen molar-refractivity contribution in [3.05, 3.63) is 36.0 Å². The summed E-state index contributed by atoms with van der Waals surface area (Å²) in [4.78, 5) is 22.5. The smallest absolute Gasteiger partial charge is 0.272 e. The zero-order valence-electron chi connectivity index (χ0n) is 13.2. The monoisotopic (exact) mass is 317 g/mol. The normalized spacial score (nSPS) is 18.5. The van der Waals surface area contributed by atoms with E-state index in [1.54, 1.807) is 41.3 Å². The highest BCUT2D eigenvalue weighted by molar-refractivity contribution is 5.92. The standard InChI is InChI=1S/C15H19N5O3/c1-11-7-13(19(2)18-11)15(21)20-5-6-22-10-12(9-20)23-14-8-16-3-4-17-14/h3-4,7-8,12H,5-6,9-10H2,1-2H3/t12-/m1/s1. The van der Waals surface area contributed by atoms with Gasteiger partial charge in [0.1, 0.15) is 11.8 Å². The first kappa shape index (κ1) is 15.4. The lowest BCUT2D eigenvalue weighted by Crippen LogP contribution is -2.40. The highest BCUT2D eigenvalue weighted by Gasteiger charge is 2.26. The average Bonchev–Trinajstić information content (AvgIpc) is 2.74. The number of rotatable bonds is 3. The fourth-order valence-electron chi connectivity index (χ4n) is 2.52. The molecule has 1 aliphatic heterocycles. The molecule has 8 heteroatoms.